The minimum absolute atomic E-state index is 0.210. The molecule has 100 valence electrons. The van der Waals surface area contributed by atoms with Gasteiger partial charge >= 0.3 is 0 Å². The molecule has 0 amide bonds. The number of aryl methyl sites for hydroxylation is 2. The van der Waals surface area contributed by atoms with Gasteiger partial charge in [0.05, 0.1) is 5.60 Å². The van der Waals surface area contributed by atoms with Crippen LogP contribution in [0.3, 0.4) is 0 Å². The van der Waals surface area contributed by atoms with Gasteiger partial charge in [0.2, 0.25) is 0 Å². The molecule has 1 rings (SSSR count). The number of methoxy groups -OCH3 is 1. The maximum atomic E-state index is 11.9. The van der Waals surface area contributed by atoms with E-state index in [9.17, 15) is 4.79 Å². The van der Waals surface area contributed by atoms with Crippen LogP contribution in [0, 0.1) is 13.8 Å². The summed E-state index contributed by atoms with van der Waals surface area (Å²) in [4.78, 5) is 11.9. The molecule has 1 aromatic carbocycles. The zero-order valence-corrected chi connectivity index (χ0v) is 12.2. The molecule has 2 nitrogen and oxygen atoms in total. The predicted octanol–water partition coefficient (Wildman–Crippen LogP) is 3.62. The van der Waals surface area contributed by atoms with E-state index >= 15 is 0 Å². The number of Topliss-reactive ketones (excluding diaryl/α,β-unsaturated/α-hetero) is 1. The molecule has 0 saturated carbocycles. The van der Waals surface area contributed by atoms with E-state index in [1.54, 1.807) is 7.11 Å². The highest BCUT2D eigenvalue weighted by Crippen LogP contribution is 2.17. The van der Waals surface area contributed by atoms with Crippen molar-refractivity contribution >= 4 is 5.78 Å². The van der Waals surface area contributed by atoms with Crippen LogP contribution in [0.5, 0.6) is 0 Å². The van der Waals surface area contributed by atoms with Crippen LogP contribution in [0.25, 0.3) is 0 Å². The number of carbonyl (C=O) groups is 1. The Morgan fingerprint density at radius 3 is 2.22 bits per heavy atom. The summed E-state index contributed by atoms with van der Waals surface area (Å²) in [7, 11) is 1.69. The lowest BCUT2D eigenvalue weighted by Crippen LogP contribution is -2.23. The molecule has 2 heteroatoms. The van der Waals surface area contributed by atoms with E-state index in [1.165, 1.54) is 11.1 Å². The topological polar surface area (TPSA) is 26.3 Å². The highest BCUT2D eigenvalue weighted by Gasteiger charge is 2.18. The summed E-state index contributed by atoms with van der Waals surface area (Å²) < 4.78 is 5.32. The van der Waals surface area contributed by atoms with Crippen molar-refractivity contribution in [2.24, 2.45) is 0 Å². The van der Waals surface area contributed by atoms with Gasteiger partial charge in [0.1, 0.15) is 5.78 Å². The number of benzene rings is 1. The van der Waals surface area contributed by atoms with Crippen LogP contribution in [-0.2, 0) is 16.0 Å². The summed E-state index contributed by atoms with van der Waals surface area (Å²) in [6, 6.07) is 6.31. The van der Waals surface area contributed by atoms with E-state index in [0.29, 0.717) is 12.8 Å². The average Bonchev–Trinajstić information content (AvgIpc) is 2.25. The van der Waals surface area contributed by atoms with Crippen molar-refractivity contribution < 1.29 is 9.53 Å². The van der Waals surface area contributed by atoms with Crippen LogP contribution in [0.1, 0.15) is 43.4 Å². The molecular formula is C16H24O2. The van der Waals surface area contributed by atoms with Crippen LogP contribution >= 0.6 is 0 Å². The van der Waals surface area contributed by atoms with Crippen molar-refractivity contribution in [2.45, 2.75) is 52.6 Å². The van der Waals surface area contributed by atoms with E-state index in [2.05, 4.69) is 32.0 Å². The molecular weight excluding hydrogens is 224 g/mol. The first kappa shape index (κ1) is 14.9. The largest absolute Gasteiger partial charge is 0.379 e. The summed E-state index contributed by atoms with van der Waals surface area (Å²) in [5.41, 5.74) is 3.34. The Labute approximate surface area is 110 Å². The van der Waals surface area contributed by atoms with Gasteiger partial charge in [0.15, 0.2) is 0 Å². The number of ether oxygens (including phenoxy) is 1. The SMILES string of the molecule is COC(C)(C)CCC(=O)Cc1cc(C)cc(C)c1. The van der Waals surface area contributed by atoms with Gasteiger partial charge in [0.25, 0.3) is 0 Å². The van der Waals surface area contributed by atoms with Crippen molar-refractivity contribution in [1.29, 1.82) is 0 Å². The lowest BCUT2D eigenvalue weighted by atomic mass is 9.96. The fourth-order valence-electron chi connectivity index (χ4n) is 2.03. The predicted molar refractivity (Wildman–Crippen MR) is 74.9 cm³/mol. The molecule has 1 aromatic rings. The van der Waals surface area contributed by atoms with Crippen molar-refractivity contribution in [1.82, 2.24) is 0 Å². The molecule has 0 unspecified atom stereocenters. The van der Waals surface area contributed by atoms with Crippen molar-refractivity contribution in [3.63, 3.8) is 0 Å². The average molecular weight is 248 g/mol. The first-order valence-corrected chi connectivity index (χ1v) is 6.46. The lowest BCUT2D eigenvalue weighted by Gasteiger charge is -2.22. The van der Waals surface area contributed by atoms with Crippen LogP contribution in [-0.4, -0.2) is 18.5 Å². The van der Waals surface area contributed by atoms with Crippen molar-refractivity contribution in [2.75, 3.05) is 7.11 Å². The molecule has 0 atom stereocenters. The van der Waals surface area contributed by atoms with E-state index in [0.717, 1.165) is 12.0 Å². The molecule has 0 radical (unpaired) electrons. The third-order valence-electron chi connectivity index (χ3n) is 3.24. The van der Waals surface area contributed by atoms with E-state index < -0.39 is 0 Å². The molecule has 0 aromatic heterocycles. The van der Waals surface area contributed by atoms with Gasteiger partial charge in [-0.3, -0.25) is 4.79 Å². The molecule has 0 saturated heterocycles. The molecule has 0 heterocycles. The maximum absolute atomic E-state index is 11.9. The highest BCUT2D eigenvalue weighted by atomic mass is 16.5. The van der Waals surface area contributed by atoms with Gasteiger partial charge < -0.3 is 4.74 Å². The Morgan fingerprint density at radius 2 is 1.72 bits per heavy atom. The van der Waals surface area contributed by atoms with Crippen molar-refractivity contribution in [3.8, 4) is 0 Å². The number of ketones is 1. The molecule has 0 aliphatic carbocycles. The fourth-order valence-corrected chi connectivity index (χ4v) is 2.03. The smallest absolute Gasteiger partial charge is 0.137 e. The summed E-state index contributed by atoms with van der Waals surface area (Å²) in [5.74, 6) is 0.283. The van der Waals surface area contributed by atoms with Gasteiger partial charge in [-0.25, -0.2) is 0 Å². The van der Waals surface area contributed by atoms with Crippen LogP contribution < -0.4 is 0 Å². The minimum atomic E-state index is -0.210. The first-order valence-electron chi connectivity index (χ1n) is 6.46. The Kier molecular flexibility index (Phi) is 5.09. The van der Waals surface area contributed by atoms with Gasteiger partial charge in [-0.2, -0.15) is 0 Å². The second-order valence-electron chi connectivity index (χ2n) is 5.68. The van der Waals surface area contributed by atoms with Gasteiger partial charge in [0, 0.05) is 20.0 Å². The molecule has 0 bridgehead atoms. The van der Waals surface area contributed by atoms with Crippen molar-refractivity contribution in [3.05, 3.63) is 34.9 Å². The van der Waals surface area contributed by atoms with Crippen LogP contribution in [0.2, 0.25) is 0 Å². The second-order valence-corrected chi connectivity index (χ2v) is 5.68. The Bertz CT molecular complexity index is 399. The zero-order valence-electron chi connectivity index (χ0n) is 12.2. The third kappa shape index (κ3) is 5.01. The summed E-state index contributed by atoms with van der Waals surface area (Å²) in [5, 5.41) is 0. The standard InChI is InChI=1S/C16H24O2/c1-12-8-13(2)10-14(9-12)11-15(17)6-7-16(3,4)18-5/h8-10H,6-7,11H2,1-5H3. The minimum Gasteiger partial charge on any atom is -0.379 e. The van der Waals surface area contributed by atoms with E-state index in [4.69, 9.17) is 4.74 Å². The summed E-state index contributed by atoms with van der Waals surface area (Å²) >= 11 is 0. The summed E-state index contributed by atoms with van der Waals surface area (Å²) in [6.07, 6.45) is 1.88. The van der Waals surface area contributed by atoms with Crippen LogP contribution in [0.15, 0.2) is 18.2 Å². The molecule has 0 aliphatic rings. The monoisotopic (exact) mass is 248 g/mol. The Morgan fingerprint density at radius 1 is 1.17 bits per heavy atom. The Balaban J connectivity index is 2.55. The third-order valence-corrected chi connectivity index (χ3v) is 3.24. The molecule has 0 fully saturated rings. The van der Waals surface area contributed by atoms with E-state index in [1.807, 2.05) is 13.8 Å². The first-order chi connectivity index (χ1) is 8.32. The zero-order chi connectivity index (χ0) is 13.8. The second kappa shape index (κ2) is 6.14. The van der Waals surface area contributed by atoms with Crippen LogP contribution in [0.4, 0.5) is 0 Å². The number of rotatable bonds is 6. The maximum Gasteiger partial charge on any atom is 0.137 e. The molecule has 0 spiro atoms. The quantitative estimate of drug-likeness (QED) is 0.768. The Hall–Kier alpha value is -1.15. The fraction of sp³-hybridized carbons (Fsp3) is 0.562. The lowest BCUT2D eigenvalue weighted by molar-refractivity contribution is -0.119. The molecule has 0 N–H and O–H groups in total. The van der Waals surface area contributed by atoms with Gasteiger partial charge in [-0.1, -0.05) is 29.3 Å². The number of hydrogen-bond donors (Lipinski definition) is 0. The highest BCUT2D eigenvalue weighted by molar-refractivity contribution is 5.81. The number of hydrogen-bond acceptors (Lipinski definition) is 2. The normalized spacial score (nSPS) is 11.6. The molecule has 18 heavy (non-hydrogen) atoms. The molecule has 0 aliphatic heterocycles. The van der Waals surface area contributed by atoms with Gasteiger partial charge in [-0.05, 0) is 39.7 Å². The number of carbonyl (C=O) groups excluding carboxylic acids is 1. The summed E-state index contributed by atoms with van der Waals surface area (Å²) in [6.45, 7) is 8.15. The van der Waals surface area contributed by atoms with Gasteiger partial charge in [-0.15, -0.1) is 0 Å². The van der Waals surface area contributed by atoms with E-state index in [-0.39, 0.29) is 11.4 Å².